The highest BCUT2D eigenvalue weighted by Crippen LogP contribution is 2.32. The Morgan fingerprint density at radius 1 is 1.50 bits per heavy atom. The Kier molecular flexibility index (Phi) is 2.91. The van der Waals surface area contributed by atoms with E-state index in [0.29, 0.717) is 18.5 Å². The second-order valence-corrected chi connectivity index (χ2v) is 3.51. The number of alkyl halides is 1. The maximum Gasteiger partial charge on any atom is 0.211 e. The maximum atomic E-state index is 5.34. The summed E-state index contributed by atoms with van der Waals surface area (Å²) >= 11 is 6.54. The van der Waals surface area contributed by atoms with E-state index in [1.54, 1.807) is 0 Å². The highest BCUT2D eigenvalue weighted by molar-refractivity contribution is 9.12. The molecule has 0 aromatic rings. The van der Waals surface area contributed by atoms with Gasteiger partial charge in [0.15, 0.2) is 0 Å². The van der Waals surface area contributed by atoms with Crippen LogP contribution in [0, 0.1) is 0 Å². The summed E-state index contributed by atoms with van der Waals surface area (Å²) in [4.78, 5) is 0. The van der Waals surface area contributed by atoms with Gasteiger partial charge in [0.25, 0.3) is 0 Å². The van der Waals surface area contributed by atoms with Crippen LogP contribution < -0.4 is 0 Å². The third-order valence-electron chi connectivity index (χ3n) is 1.34. The maximum absolute atomic E-state index is 5.34. The molecule has 0 aromatic carbocycles. The van der Waals surface area contributed by atoms with E-state index in [9.17, 15) is 0 Å². The van der Waals surface area contributed by atoms with Crippen molar-refractivity contribution >= 4 is 31.9 Å². The molecule has 0 aromatic heterocycles. The zero-order valence-electron chi connectivity index (χ0n) is 5.40. The molecule has 1 aliphatic rings. The first kappa shape index (κ1) is 8.71. The fourth-order valence-corrected chi connectivity index (χ4v) is 2.17. The summed E-state index contributed by atoms with van der Waals surface area (Å²) < 4.78 is 11.4. The van der Waals surface area contributed by atoms with Gasteiger partial charge in [0.2, 0.25) is 5.79 Å². The molecule has 58 valence electrons. The minimum absolute atomic E-state index is 0.615. The number of hydrogen-bond acceptors (Lipinski definition) is 2. The number of hydrogen-bond donors (Lipinski definition) is 0. The average molecular weight is 272 g/mol. The van der Waals surface area contributed by atoms with Gasteiger partial charge in [-0.3, -0.25) is 0 Å². The van der Waals surface area contributed by atoms with E-state index in [1.807, 2.05) is 0 Å². The molecule has 10 heavy (non-hydrogen) atoms. The molecule has 1 saturated heterocycles. The summed E-state index contributed by atoms with van der Waals surface area (Å²) in [5.41, 5.74) is 0. The normalized spacial score (nSPS) is 23.0. The van der Waals surface area contributed by atoms with Gasteiger partial charge in [0, 0.05) is 4.48 Å². The minimum atomic E-state index is -0.625. The van der Waals surface area contributed by atoms with Crippen LogP contribution in [0.15, 0.2) is 11.1 Å². The molecule has 0 aliphatic carbocycles. The fraction of sp³-hybridized carbons (Fsp3) is 0.667. The zero-order valence-corrected chi connectivity index (χ0v) is 8.57. The van der Waals surface area contributed by atoms with Gasteiger partial charge in [-0.2, -0.15) is 0 Å². The number of halogens is 2. The second-order valence-electron chi connectivity index (χ2n) is 1.99. The average Bonchev–Trinajstić information content (AvgIpc) is 2.35. The summed E-state index contributed by atoms with van der Waals surface area (Å²) in [7, 11) is 0. The van der Waals surface area contributed by atoms with Crippen molar-refractivity contribution in [3.8, 4) is 0 Å². The van der Waals surface area contributed by atoms with Gasteiger partial charge in [-0.15, -0.1) is 0 Å². The minimum Gasteiger partial charge on any atom is -0.342 e. The lowest BCUT2D eigenvalue weighted by Crippen LogP contribution is -2.31. The number of rotatable bonds is 2. The smallest absolute Gasteiger partial charge is 0.211 e. The Bertz CT molecular complexity index is 141. The molecule has 0 unspecified atom stereocenters. The third kappa shape index (κ3) is 1.44. The molecule has 1 fully saturated rings. The Morgan fingerprint density at radius 2 is 2.00 bits per heavy atom. The van der Waals surface area contributed by atoms with Crippen LogP contribution in [0.25, 0.3) is 0 Å². The van der Waals surface area contributed by atoms with Crippen LogP contribution >= 0.6 is 31.9 Å². The first-order chi connectivity index (χ1) is 4.71. The Hall–Kier alpha value is 0.620. The zero-order chi connectivity index (χ0) is 7.61. The van der Waals surface area contributed by atoms with Gasteiger partial charge in [0.05, 0.1) is 18.5 Å². The molecule has 0 amide bonds. The van der Waals surface area contributed by atoms with Crippen molar-refractivity contribution in [2.45, 2.75) is 5.79 Å². The van der Waals surface area contributed by atoms with E-state index in [0.717, 1.165) is 4.48 Å². The van der Waals surface area contributed by atoms with E-state index < -0.39 is 5.79 Å². The van der Waals surface area contributed by atoms with E-state index in [2.05, 4.69) is 38.4 Å². The van der Waals surface area contributed by atoms with E-state index in [1.165, 1.54) is 0 Å². The number of ether oxygens (including phenoxy) is 2. The molecule has 1 aliphatic heterocycles. The first-order valence-electron chi connectivity index (χ1n) is 2.90. The fourth-order valence-electron chi connectivity index (χ4n) is 0.761. The molecule has 0 N–H and O–H groups in total. The Morgan fingerprint density at radius 3 is 2.20 bits per heavy atom. The lowest BCUT2D eigenvalue weighted by molar-refractivity contribution is -0.0967. The van der Waals surface area contributed by atoms with Gasteiger partial charge in [-0.05, 0) is 0 Å². The van der Waals surface area contributed by atoms with Crippen LogP contribution in [0.5, 0.6) is 0 Å². The van der Waals surface area contributed by atoms with Gasteiger partial charge < -0.3 is 9.47 Å². The molecule has 0 spiro atoms. The lowest BCUT2D eigenvalue weighted by Gasteiger charge is -2.23. The molecule has 1 heterocycles. The Balaban J connectivity index is 2.67. The van der Waals surface area contributed by atoms with Crippen molar-refractivity contribution in [3.05, 3.63) is 11.1 Å². The molecule has 0 atom stereocenters. The molecule has 1 rings (SSSR count). The van der Waals surface area contributed by atoms with Crippen LogP contribution in [0.3, 0.4) is 0 Å². The van der Waals surface area contributed by atoms with Crippen LogP contribution in [-0.2, 0) is 9.47 Å². The van der Waals surface area contributed by atoms with Crippen LogP contribution in [0.2, 0.25) is 0 Å². The first-order valence-corrected chi connectivity index (χ1v) is 4.81. The van der Waals surface area contributed by atoms with Gasteiger partial charge in [-0.1, -0.05) is 38.4 Å². The quantitative estimate of drug-likeness (QED) is 0.716. The van der Waals surface area contributed by atoms with Crippen LogP contribution in [-0.4, -0.2) is 24.3 Å². The highest BCUT2D eigenvalue weighted by Gasteiger charge is 2.37. The van der Waals surface area contributed by atoms with E-state index >= 15 is 0 Å². The predicted octanol–water partition coefficient (Wildman–Crippen LogP) is 2.03. The van der Waals surface area contributed by atoms with Crippen molar-refractivity contribution in [3.63, 3.8) is 0 Å². The van der Waals surface area contributed by atoms with Crippen molar-refractivity contribution in [1.29, 1.82) is 0 Å². The van der Waals surface area contributed by atoms with Crippen LogP contribution in [0.4, 0.5) is 0 Å². The third-order valence-corrected chi connectivity index (χ3v) is 2.69. The van der Waals surface area contributed by atoms with Gasteiger partial charge >= 0.3 is 0 Å². The molecule has 0 bridgehead atoms. The van der Waals surface area contributed by atoms with Crippen molar-refractivity contribution in [2.24, 2.45) is 0 Å². The Labute approximate surface area is 76.8 Å². The largest absolute Gasteiger partial charge is 0.342 e. The molecular formula is C6H8Br2O2. The summed E-state index contributed by atoms with van der Waals surface area (Å²) in [6.45, 7) is 4.99. The second kappa shape index (κ2) is 3.34. The van der Waals surface area contributed by atoms with Gasteiger partial charge in [-0.25, -0.2) is 0 Å². The predicted molar refractivity (Wildman–Crippen MR) is 46.5 cm³/mol. The highest BCUT2D eigenvalue weighted by atomic mass is 79.9. The summed E-state index contributed by atoms with van der Waals surface area (Å²) in [5, 5.41) is 0.615. The van der Waals surface area contributed by atoms with E-state index in [-0.39, 0.29) is 0 Å². The topological polar surface area (TPSA) is 18.5 Å². The monoisotopic (exact) mass is 270 g/mol. The summed E-state index contributed by atoms with van der Waals surface area (Å²) in [5.74, 6) is -0.625. The van der Waals surface area contributed by atoms with Crippen LogP contribution in [0.1, 0.15) is 0 Å². The van der Waals surface area contributed by atoms with Crippen molar-refractivity contribution in [2.75, 3.05) is 18.5 Å². The molecule has 4 heteroatoms. The molecular weight excluding hydrogens is 264 g/mol. The van der Waals surface area contributed by atoms with E-state index in [4.69, 9.17) is 9.47 Å². The van der Waals surface area contributed by atoms with Gasteiger partial charge in [0.1, 0.15) is 0 Å². The SMILES string of the molecule is C=C(Br)C1(CBr)OCCO1. The molecule has 2 nitrogen and oxygen atoms in total. The standard InChI is InChI=1S/C6H8Br2O2/c1-5(8)6(4-7)9-2-3-10-6/h1-4H2. The summed E-state index contributed by atoms with van der Waals surface area (Å²) in [6.07, 6.45) is 0. The lowest BCUT2D eigenvalue weighted by atomic mass is 10.3. The molecule has 0 saturated carbocycles. The summed E-state index contributed by atoms with van der Waals surface area (Å²) in [6, 6.07) is 0. The van der Waals surface area contributed by atoms with Crippen molar-refractivity contribution < 1.29 is 9.47 Å². The molecule has 0 radical (unpaired) electrons. The van der Waals surface area contributed by atoms with Crippen molar-refractivity contribution in [1.82, 2.24) is 0 Å².